The lowest BCUT2D eigenvalue weighted by atomic mass is 10.4. The summed E-state index contributed by atoms with van der Waals surface area (Å²) in [5.74, 6) is -0.177. The Morgan fingerprint density at radius 2 is 2.20 bits per heavy atom. The fourth-order valence-corrected chi connectivity index (χ4v) is 0.531. The van der Waals surface area contributed by atoms with Gasteiger partial charge in [0.2, 0.25) is 0 Å². The molecule has 3 heteroatoms. The van der Waals surface area contributed by atoms with Crippen molar-refractivity contribution in [1.82, 2.24) is 0 Å². The SMILES string of the molecule is C.CCCCOC(=O)CBr. The minimum Gasteiger partial charge on any atom is -0.465 e. The average molecular weight is 211 g/mol. The van der Waals surface area contributed by atoms with Crippen molar-refractivity contribution < 1.29 is 9.53 Å². The fraction of sp³-hybridized carbons (Fsp3) is 0.857. The lowest BCUT2D eigenvalue weighted by Gasteiger charge is -1.98. The zero-order valence-corrected chi connectivity index (χ0v) is 7.11. The highest BCUT2D eigenvalue weighted by Gasteiger charge is 1.95. The van der Waals surface area contributed by atoms with Crippen molar-refractivity contribution in [3.8, 4) is 0 Å². The van der Waals surface area contributed by atoms with Crippen LogP contribution in [0.4, 0.5) is 0 Å². The minimum atomic E-state index is -0.177. The summed E-state index contributed by atoms with van der Waals surface area (Å²) in [6.45, 7) is 2.61. The van der Waals surface area contributed by atoms with Crippen molar-refractivity contribution in [3.05, 3.63) is 0 Å². The summed E-state index contributed by atoms with van der Waals surface area (Å²) in [7, 11) is 0. The Kier molecular flexibility index (Phi) is 11.3. The molecule has 0 atom stereocenters. The highest BCUT2D eigenvalue weighted by Crippen LogP contribution is 1.90. The van der Waals surface area contributed by atoms with E-state index in [4.69, 9.17) is 4.74 Å². The molecule has 0 saturated heterocycles. The molecule has 0 rings (SSSR count). The van der Waals surface area contributed by atoms with Gasteiger partial charge in [0.05, 0.1) is 6.61 Å². The molecule has 0 N–H and O–H groups in total. The predicted octanol–water partition coefficient (Wildman–Crippen LogP) is 2.36. The van der Waals surface area contributed by atoms with Gasteiger partial charge in [-0.25, -0.2) is 0 Å². The number of hydrogen-bond donors (Lipinski definition) is 0. The summed E-state index contributed by atoms with van der Waals surface area (Å²) in [6.07, 6.45) is 2.02. The van der Waals surface area contributed by atoms with Crippen LogP contribution in [0, 0.1) is 0 Å². The van der Waals surface area contributed by atoms with Gasteiger partial charge >= 0.3 is 5.97 Å². The van der Waals surface area contributed by atoms with E-state index >= 15 is 0 Å². The summed E-state index contributed by atoms with van der Waals surface area (Å²) < 4.78 is 4.75. The summed E-state index contributed by atoms with van der Waals surface area (Å²) in [5.41, 5.74) is 0. The van der Waals surface area contributed by atoms with Crippen LogP contribution in [-0.4, -0.2) is 17.9 Å². The monoisotopic (exact) mass is 210 g/mol. The van der Waals surface area contributed by atoms with Crippen molar-refractivity contribution in [2.24, 2.45) is 0 Å². The molecule has 0 spiro atoms. The number of unbranched alkanes of at least 4 members (excludes halogenated alkanes) is 1. The highest BCUT2D eigenvalue weighted by atomic mass is 79.9. The van der Waals surface area contributed by atoms with Gasteiger partial charge in [0, 0.05) is 0 Å². The van der Waals surface area contributed by atoms with Crippen molar-refractivity contribution in [3.63, 3.8) is 0 Å². The fourth-order valence-electron chi connectivity index (χ4n) is 0.369. The molecule has 0 amide bonds. The largest absolute Gasteiger partial charge is 0.465 e. The van der Waals surface area contributed by atoms with Gasteiger partial charge in [-0.05, 0) is 6.42 Å². The summed E-state index contributed by atoms with van der Waals surface area (Å²) in [5, 5.41) is 0.302. The maximum absolute atomic E-state index is 10.4. The third kappa shape index (κ3) is 7.95. The molecule has 10 heavy (non-hydrogen) atoms. The molecule has 0 aliphatic rings. The molecule has 0 aromatic rings. The van der Waals surface area contributed by atoms with Crippen LogP contribution in [0.2, 0.25) is 0 Å². The van der Waals surface area contributed by atoms with Crippen molar-refractivity contribution in [2.45, 2.75) is 27.2 Å². The van der Waals surface area contributed by atoms with Gasteiger partial charge in [0.15, 0.2) is 0 Å². The van der Waals surface area contributed by atoms with Gasteiger partial charge in [-0.2, -0.15) is 0 Å². The van der Waals surface area contributed by atoms with Crippen LogP contribution in [0.15, 0.2) is 0 Å². The maximum atomic E-state index is 10.4. The van der Waals surface area contributed by atoms with Gasteiger partial charge in [-0.3, -0.25) is 4.79 Å². The number of ether oxygens (including phenoxy) is 1. The molecule has 0 bridgehead atoms. The Hall–Kier alpha value is -0.0500. The molecule has 62 valence electrons. The zero-order valence-electron chi connectivity index (χ0n) is 5.52. The first-order valence-corrected chi connectivity index (χ1v) is 4.15. The average Bonchev–Trinajstić information content (AvgIpc) is 1.89. The van der Waals surface area contributed by atoms with Crippen LogP contribution in [0.1, 0.15) is 27.2 Å². The first-order valence-electron chi connectivity index (χ1n) is 3.02. The number of alkyl halides is 1. The molecule has 0 aliphatic carbocycles. The Bertz CT molecular complexity index is 83.7. The molecule has 0 unspecified atom stereocenters. The van der Waals surface area contributed by atoms with Gasteiger partial charge in [-0.15, -0.1) is 0 Å². The number of rotatable bonds is 4. The molecule has 0 fully saturated rings. The van der Waals surface area contributed by atoms with Crippen LogP contribution in [-0.2, 0) is 9.53 Å². The molecular weight excluding hydrogens is 196 g/mol. The van der Waals surface area contributed by atoms with Crippen LogP contribution in [0.25, 0.3) is 0 Å². The molecular formula is C7H15BrO2. The predicted molar refractivity (Wildman–Crippen MR) is 46.4 cm³/mol. The standard InChI is InChI=1S/C6H11BrO2.CH4/c1-2-3-4-9-6(8)5-7;/h2-5H2,1H3;1H4. The van der Waals surface area contributed by atoms with E-state index in [9.17, 15) is 4.79 Å². The number of carbonyl (C=O) groups is 1. The van der Waals surface area contributed by atoms with Gasteiger partial charge in [0.1, 0.15) is 5.33 Å². The topological polar surface area (TPSA) is 26.3 Å². The van der Waals surface area contributed by atoms with E-state index in [1.165, 1.54) is 0 Å². The first kappa shape index (κ1) is 12.6. The summed E-state index contributed by atoms with van der Waals surface area (Å²) >= 11 is 2.99. The molecule has 0 aromatic heterocycles. The Morgan fingerprint density at radius 3 is 2.60 bits per heavy atom. The second-order valence-electron chi connectivity index (χ2n) is 1.71. The second kappa shape index (κ2) is 8.95. The van der Waals surface area contributed by atoms with E-state index in [0.29, 0.717) is 11.9 Å². The normalized spacial score (nSPS) is 8.20. The zero-order chi connectivity index (χ0) is 7.11. The summed E-state index contributed by atoms with van der Waals surface area (Å²) in [6, 6.07) is 0. The third-order valence-electron chi connectivity index (χ3n) is 0.870. The van der Waals surface area contributed by atoms with E-state index < -0.39 is 0 Å². The Morgan fingerprint density at radius 1 is 1.60 bits per heavy atom. The molecule has 0 aliphatic heterocycles. The molecule has 2 nitrogen and oxygen atoms in total. The second-order valence-corrected chi connectivity index (χ2v) is 2.27. The van der Waals surface area contributed by atoms with E-state index in [0.717, 1.165) is 12.8 Å². The van der Waals surface area contributed by atoms with Crippen molar-refractivity contribution in [2.75, 3.05) is 11.9 Å². The van der Waals surface area contributed by atoms with E-state index in [-0.39, 0.29) is 13.4 Å². The number of hydrogen-bond acceptors (Lipinski definition) is 2. The van der Waals surface area contributed by atoms with Crippen LogP contribution in [0.3, 0.4) is 0 Å². The van der Waals surface area contributed by atoms with Crippen LogP contribution < -0.4 is 0 Å². The molecule has 0 aromatic carbocycles. The molecule has 0 saturated carbocycles. The van der Waals surface area contributed by atoms with Crippen molar-refractivity contribution in [1.29, 1.82) is 0 Å². The lowest BCUT2D eigenvalue weighted by Crippen LogP contribution is -2.05. The van der Waals surface area contributed by atoms with Gasteiger partial charge in [0.25, 0.3) is 0 Å². The quantitative estimate of drug-likeness (QED) is 0.405. The first-order chi connectivity index (χ1) is 4.31. The van der Waals surface area contributed by atoms with Gasteiger partial charge < -0.3 is 4.74 Å². The molecule has 0 heterocycles. The lowest BCUT2D eigenvalue weighted by molar-refractivity contribution is -0.140. The van der Waals surface area contributed by atoms with Crippen LogP contribution in [0.5, 0.6) is 0 Å². The maximum Gasteiger partial charge on any atom is 0.316 e. The van der Waals surface area contributed by atoms with Gasteiger partial charge in [-0.1, -0.05) is 36.7 Å². The highest BCUT2D eigenvalue weighted by molar-refractivity contribution is 9.09. The third-order valence-corrected chi connectivity index (χ3v) is 1.33. The Balaban J connectivity index is 0. The minimum absolute atomic E-state index is 0. The van der Waals surface area contributed by atoms with Crippen molar-refractivity contribution >= 4 is 21.9 Å². The van der Waals surface area contributed by atoms with E-state index in [1.54, 1.807) is 0 Å². The van der Waals surface area contributed by atoms with Crippen LogP contribution >= 0.6 is 15.9 Å². The Labute approximate surface area is 71.1 Å². The molecule has 0 radical (unpaired) electrons. The summed E-state index contributed by atoms with van der Waals surface area (Å²) in [4.78, 5) is 10.4. The van der Waals surface area contributed by atoms with E-state index in [2.05, 4.69) is 22.9 Å². The number of halogens is 1. The number of esters is 1. The smallest absolute Gasteiger partial charge is 0.316 e. The van der Waals surface area contributed by atoms with E-state index in [1.807, 2.05) is 0 Å². The number of carbonyl (C=O) groups excluding carboxylic acids is 1.